The first-order valence-corrected chi connectivity index (χ1v) is 13.6. The van der Waals surface area contributed by atoms with E-state index >= 15 is 0 Å². The van der Waals surface area contributed by atoms with E-state index in [4.69, 9.17) is 27.9 Å². The number of aromatic nitrogens is 3. The van der Waals surface area contributed by atoms with Crippen LogP contribution in [0, 0.1) is 3.57 Å². The Morgan fingerprint density at radius 2 is 1.79 bits per heavy atom. The van der Waals surface area contributed by atoms with Gasteiger partial charge >= 0.3 is 12.1 Å². The molecule has 200 valence electrons. The third-order valence-corrected chi connectivity index (χ3v) is 7.29. The maximum atomic E-state index is 13.2. The quantitative estimate of drug-likeness (QED) is 0.115. The average Bonchev–Trinajstić information content (AvgIpc) is 3.12. The molecule has 0 aliphatic heterocycles. The van der Waals surface area contributed by atoms with Gasteiger partial charge in [0.25, 0.3) is 0 Å². The average molecular weight is 695 g/mol. The van der Waals surface area contributed by atoms with Gasteiger partial charge in [0.05, 0.1) is 17.3 Å². The van der Waals surface area contributed by atoms with E-state index in [1.165, 1.54) is 11.9 Å². The molecule has 0 N–H and O–H groups in total. The highest BCUT2D eigenvalue weighted by atomic mass is 127. The van der Waals surface area contributed by atoms with Crippen molar-refractivity contribution in [2.24, 2.45) is 0 Å². The summed E-state index contributed by atoms with van der Waals surface area (Å²) in [7, 11) is 0. The standard InChI is InChI=1S/C25H20Cl2F3IN4O2S/c1-24(2,3)37-23(36)13-35(38-18-8-15(26)7-16(27)9-18)17-4-5-21-19(10-17)20(31)12-34(21)22-6-14(11-32-33-22)25(28,29)30/h4-12H,13H2,1-3H3. The number of rotatable bonds is 6. The Labute approximate surface area is 244 Å². The van der Waals surface area contributed by atoms with E-state index in [1.54, 1.807) is 66.2 Å². The zero-order valence-corrected chi connectivity index (χ0v) is 24.7. The predicted molar refractivity (Wildman–Crippen MR) is 152 cm³/mol. The summed E-state index contributed by atoms with van der Waals surface area (Å²) in [6.07, 6.45) is -2.18. The van der Waals surface area contributed by atoms with Crippen molar-refractivity contribution in [1.82, 2.24) is 14.8 Å². The molecule has 0 spiro atoms. The Kier molecular flexibility index (Phi) is 8.41. The summed E-state index contributed by atoms with van der Waals surface area (Å²) < 4.78 is 49.3. The highest BCUT2D eigenvalue weighted by Crippen LogP contribution is 2.36. The summed E-state index contributed by atoms with van der Waals surface area (Å²) in [6, 6.07) is 11.4. The first-order valence-electron chi connectivity index (χ1n) is 11.0. The van der Waals surface area contributed by atoms with E-state index in [9.17, 15) is 18.0 Å². The van der Waals surface area contributed by atoms with Gasteiger partial charge in [0, 0.05) is 35.8 Å². The molecule has 2 heterocycles. The van der Waals surface area contributed by atoms with E-state index in [2.05, 4.69) is 32.8 Å². The van der Waals surface area contributed by atoms with Crippen molar-refractivity contribution in [3.63, 3.8) is 0 Å². The van der Waals surface area contributed by atoms with E-state index in [0.717, 1.165) is 15.0 Å². The summed E-state index contributed by atoms with van der Waals surface area (Å²) in [6.45, 7) is 5.26. The van der Waals surface area contributed by atoms with Crippen molar-refractivity contribution in [3.8, 4) is 5.82 Å². The largest absolute Gasteiger partial charge is 0.459 e. The molecule has 2 aromatic heterocycles. The van der Waals surface area contributed by atoms with Gasteiger partial charge in [-0.1, -0.05) is 23.2 Å². The van der Waals surface area contributed by atoms with Crippen LogP contribution in [0.2, 0.25) is 10.0 Å². The number of carbonyl (C=O) groups is 1. The maximum absolute atomic E-state index is 13.2. The molecule has 0 amide bonds. The van der Waals surface area contributed by atoms with Crippen molar-refractivity contribution in [1.29, 1.82) is 0 Å². The minimum absolute atomic E-state index is 0.0362. The monoisotopic (exact) mass is 694 g/mol. The summed E-state index contributed by atoms with van der Waals surface area (Å²) >= 11 is 15.7. The Morgan fingerprint density at radius 3 is 2.42 bits per heavy atom. The van der Waals surface area contributed by atoms with Crippen LogP contribution in [0.25, 0.3) is 16.7 Å². The lowest BCUT2D eigenvalue weighted by atomic mass is 10.2. The number of fused-ring (bicyclic) bond motifs is 1. The molecular formula is C25H20Cl2F3IN4O2S. The topological polar surface area (TPSA) is 60.2 Å². The number of anilines is 1. The number of carbonyl (C=O) groups excluding carboxylic acids is 1. The fourth-order valence-electron chi connectivity index (χ4n) is 3.53. The molecule has 0 saturated carbocycles. The molecular weight excluding hydrogens is 675 g/mol. The van der Waals surface area contributed by atoms with Crippen molar-refractivity contribution in [2.45, 2.75) is 37.4 Å². The molecule has 4 rings (SSSR count). The number of nitrogens with zero attached hydrogens (tertiary/aromatic N) is 4. The number of halogens is 6. The SMILES string of the molecule is CC(C)(C)OC(=O)CN(Sc1cc(Cl)cc(Cl)c1)c1ccc2c(c1)c(I)cn2-c1cc(C(F)(F)F)cnn1. The molecule has 2 aromatic carbocycles. The van der Waals surface area contributed by atoms with Crippen LogP contribution < -0.4 is 4.31 Å². The number of esters is 1. The van der Waals surface area contributed by atoms with E-state index < -0.39 is 23.3 Å². The van der Waals surface area contributed by atoms with Gasteiger partial charge in [0.2, 0.25) is 0 Å². The molecule has 0 bridgehead atoms. The van der Waals surface area contributed by atoms with Crippen LogP contribution in [-0.4, -0.2) is 32.9 Å². The molecule has 6 nitrogen and oxygen atoms in total. The van der Waals surface area contributed by atoms with Crippen LogP contribution in [0.1, 0.15) is 26.3 Å². The second kappa shape index (κ2) is 11.1. The highest BCUT2D eigenvalue weighted by molar-refractivity contribution is 14.1. The van der Waals surface area contributed by atoms with Gasteiger partial charge in [-0.15, -0.1) is 5.10 Å². The van der Waals surface area contributed by atoms with Gasteiger partial charge in [-0.25, -0.2) is 0 Å². The highest BCUT2D eigenvalue weighted by Gasteiger charge is 2.32. The summed E-state index contributed by atoms with van der Waals surface area (Å²) in [5.41, 5.74) is -0.277. The Balaban J connectivity index is 1.74. The van der Waals surface area contributed by atoms with Gasteiger partial charge in [0.15, 0.2) is 5.82 Å². The maximum Gasteiger partial charge on any atom is 0.418 e. The lowest BCUT2D eigenvalue weighted by Crippen LogP contribution is -2.31. The molecule has 4 aromatic rings. The third kappa shape index (κ3) is 7.04. The Morgan fingerprint density at radius 1 is 1.11 bits per heavy atom. The third-order valence-electron chi connectivity index (χ3n) is 4.99. The smallest absolute Gasteiger partial charge is 0.418 e. The van der Waals surface area contributed by atoms with Crippen molar-refractivity contribution < 1.29 is 22.7 Å². The minimum Gasteiger partial charge on any atom is -0.459 e. The van der Waals surface area contributed by atoms with Crippen molar-refractivity contribution >= 4 is 80.3 Å². The zero-order valence-electron chi connectivity index (χ0n) is 20.2. The van der Waals surface area contributed by atoms with Crippen LogP contribution >= 0.6 is 57.7 Å². The Hall–Kier alpha value is -2.22. The fourth-order valence-corrected chi connectivity index (χ4v) is 5.90. The van der Waals surface area contributed by atoms with E-state index in [1.807, 2.05) is 6.07 Å². The molecule has 0 aliphatic rings. The van der Waals surface area contributed by atoms with Gasteiger partial charge < -0.3 is 9.04 Å². The van der Waals surface area contributed by atoms with Crippen LogP contribution in [-0.2, 0) is 15.7 Å². The van der Waals surface area contributed by atoms with Crippen LogP contribution in [0.5, 0.6) is 0 Å². The molecule has 0 unspecified atom stereocenters. The van der Waals surface area contributed by atoms with Gasteiger partial charge in [0.1, 0.15) is 12.1 Å². The predicted octanol–water partition coefficient (Wildman–Crippen LogP) is 8.21. The van der Waals surface area contributed by atoms with Gasteiger partial charge in [-0.3, -0.25) is 9.36 Å². The normalized spacial score (nSPS) is 12.1. The second-order valence-electron chi connectivity index (χ2n) is 9.17. The van der Waals surface area contributed by atoms with E-state index in [-0.39, 0.29) is 12.4 Å². The van der Waals surface area contributed by atoms with Gasteiger partial charge in [-0.2, -0.15) is 18.3 Å². The number of benzene rings is 2. The first kappa shape index (κ1) is 28.8. The summed E-state index contributed by atoms with van der Waals surface area (Å²) in [5, 5.41) is 9.08. The second-order valence-corrected chi connectivity index (χ2v) is 12.3. The fraction of sp³-hybridized carbons (Fsp3) is 0.240. The molecule has 13 heteroatoms. The molecule has 38 heavy (non-hydrogen) atoms. The Bertz CT molecular complexity index is 1490. The number of alkyl halides is 3. The lowest BCUT2D eigenvalue weighted by molar-refractivity contribution is -0.152. The molecule has 0 fully saturated rings. The van der Waals surface area contributed by atoms with Gasteiger partial charge in [-0.05, 0) is 97.8 Å². The number of hydrogen-bond donors (Lipinski definition) is 0. The molecule has 0 saturated heterocycles. The lowest BCUT2D eigenvalue weighted by Gasteiger charge is -2.26. The van der Waals surface area contributed by atoms with Crippen molar-refractivity contribution in [3.05, 3.63) is 74.0 Å². The van der Waals surface area contributed by atoms with Crippen LogP contribution in [0.4, 0.5) is 18.9 Å². The van der Waals surface area contributed by atoms with Crippen LogP contribution in [0.3, 0.4) is 0 Å². The number of hydrogen-bond acceptors (Lipinski definition) is 6. The zero-order chi connectivity index (χ0) is 27.8. The summed E-state index contributed by atoms with van der Waals surface area (Å²) in [5.74, 6) is -0.404. The van der Waals surface area contributed by atoms with Crippen LogP contribution in [0.15, 0.2) is 59.8 Å². The van der Waals surface area contributed by atoms with E-state index in [0.29, 0.717) is 32.3 Å². The van der Waals surface area contributed by atoms with Crippen molar-refractivity contribution in [2.75, 3.05) is 10.8 Å². The minimum atomic E-state index is -4.55. The molecule has 0 aliphatic carbocycles. The molecule has 0 atom stereocenters. The first-order chi connectivity index (χ1) is 17.7. The number of ether oxygens (including phenoxy) is 1. The summed E-state index contributed by atoms with van der Waals surface area (Å²) in [4.78, 5) is 13.5. The molecule has 0 radical (unpaired) electrons.